The van der Waals surface area contributed by atoms with Gasteiger partial charge >= 0.3 is 5.97 Å². The van der Waals surface area contributed by atoms with E-state index >= 15 is 0 Å². The van der Waals surface area contributed by atoms with E-state index in [1.54, 1.807) is 0 Å². The Labute approximate surface area is 235 Å². The number of carboxylic acid groups (broad SMARTS) is 1. The molecule has 1 saturated heterocycles. The normalized spacial score (nSPS) is 19.9. The molecule has 0 spiro atoms. The molecule has 1 fully saturated rings. The summed E-state index contributed by atoms with van der Waals surface area (Å²) in [7, 11) is -2.84. The Morgan fingerprint density at radius 2 is 2.20 bits per heavy atom. The number of tetrazole rings is 1. The van der Waals surface area contributed by atoms with E-state index in [2.05, 4.69) is 36.1 Å². The van der Waals surface area contributed by atoms with Crippen LogP contribution in [0.4, 0.5) is 10.8 Å². The van der Waals surface area contributed by atoms with Gasteiger partial charge in [0.25, 0.3) is 11.8 Å². The van der Waals surface area contributed by atoms with Gasteiger partial charge in [0, 0.05) is 16.9 Å². The molecule has 0 aliphatic carbocycles. The zero-order valence-electron chi connectivity index (χ0n) is 19.9. The first-order valence-corrected chi connectivity index (χ1v) is 15.6. The summed E-state index contributed by atoms with van der Waals surface area (Å²) >= 11 is 2.12. The van der Waals surface area contributed by atoms with E-state index in [0.29, 0.717) is 5.03 Å². The minimum absolute atomic E-state index is 0.00756. The molecule has 18 nitrogen and oxygen atoms in total. The lowest BCUT2D eigenvalue weighted by Crippen LogP contribution is -2.69. The Kier molecular flexibility index (Phi) is 7.50. The molecule has 3 aromatic rings. The summed E-state index contributed by atoms with van der Waals surface area (Å²) in [6.07, 6.45) is 0. The van der Waals surface area contributed by atoms with E-state index in [1.165, 1.54) is 18.6 Å². The lowest BCUT2D eigenvalue weighted by molar-refractivity contribution is -0.140. The van der Waals surface area contributed by atoms with Crippen molar-refractivity contribution in [2.75, 3.05) is 30.1 Å². The van der Waals surface area contributed by atoms with Gasteiger partial charge in [-0.2, -0.15) is 0 Å². The van der Waals surface area contributed by atoms with E-state index in [1.807, 2.05) is 0 Å². The number of carbonyl (C=O) groups excluding carboxylic acids is 2. The average molecular weight is 628 g/mol. The van der Waals surface area contributed by atoms with Crippen LogP contribution in [0, 0.1) is 0 Å². The number of thiazole rings is 1. The van der Waals surface area contributed by atoms with Crippen LogP contribution in [0.1, 0.15) is 5.69 Å². The summed E-state index contributed by atoms with van der Waals surface area (Å²) in [4.78, 5) is 48.0. The average Bonchev–Trinajstić information content (AvgIpc) is 3.57. The molecule has 3 aromatic heterocycles. The van der Waals surface area contributed by atoms with Crippen LogP contribution >= 0.6 is 32.6 Å². The summed E-state index contributed by atoms with van der Waals surface area (Å²) < 4.78 is 23.6. The van der Waals surface area contributed by atoms with Gasteiger partial charge in [-0.25, -0.2) is 14.0 Å². The fourth-order valence-electron chi connectivity index (χ4n) is 3.79. The van der Waals surface area contributed by atoms with Gasteiger partial charge in [-0.3, -0.25) is 19.0 Å². The molecule has 0 saturated carbocycles. The van der Waals surface area contributed by atoms with Gasteiger partial charge in [-0.05, 0) is 31.6 Å². The number of carbonyl (C=O) groups is 3. The highest BCUT2D eigenvalue weighted by molar-refractivity contribution is 8.75. The first-order chi connectivity index (χ1) is 19.1. The number of hydrogen-bond acceptors (Lipinski definition) is 15. The third-order valence-corrected chi connectivity index (χ3v) is 10.8. The van der Waals surface area contributed by atoms with Crippen molar-refractivity contribution in [3.8, 4) is 0 Å². The van der Waals surface area contributed by atoms with Crippen molar-refractivity contribution in [3.63, 3.8) is 0 Å². The molecular formula is C18H17N11O7S4. The summed E-state index contributed by atoms with van der Waals surface area (Å²) in [5.41, 5.74) is 11.7. The van der Waals surface area contributed by atoms with Gasteiger partial charge < -0.3 is 26.7 Å². The summed E-state index contributed by atoms with van der Waals surface area (Å²) in [6, 6.07) is 0.120. The number of thioether (sulfide) groups is 1. The minimum atomic E-state index is -2.50. The first-order valence-electron chi connectivity index (χ1n) is 10.7. The van der Waals surface area contributed by atoms with E-state index in [0.717, 1.165) is 32.6 Å². The SMILES string of the molecule is CON=C(C(=O)NC1C(=O)N2C(C(=O)O)=C(CSc3cc(N)c4nnnn4n3)CS(S(=O)O)=C12)c1csc(N)n1. The number of carboxylic acids is 1. The maximum absolute atomic E-state index is 13.2. The van der Waals surface area contributed by atoms with Gasteiger partial charge in [0.2, 0.25) is 15.8 Å². The quantitative estimate of drug-likeness (QED) is 0.0343. The number of fused-ring (bicyclic) bond motifs is 2. The van der Waals surface area contributed by atoms with Crippen LogP contribution in [0.5, 0.6) is 0 Å². The first kappa shape index (κ1) is 27.6. The molecular weight excluding hydrogens is 611 g/mol. The second kappa shape index (κ2) is 10.9. The molecule has 2 aliphatic rings. The van der Waals surface area contributed by atoms with Gasteiger partial charge in [-0.15, -0.1) is 26.2 Å². The Balaban J connectivity index is 1.42. The van der Waals surface area contributed by atoms with Crippen molar-refractivity contribution in [2.24, 2.45) is 5.16 Å². The van der Waals surface area contributed by atoms with E-state index in [-0.39, 0.29) is 55.6 Å². The van der Waals surface area contributed by atoms with Crippen molar-refractivity contribution < 1.29 is 33.1 Å². The van der Waals surface area contributed by atoms with Gasteiger partial charge in [-0.1, -0.05) is 16.9 Å². The van der Waals surface area contributed by atoms with E-state index in [4.69, 9.17) is 16.3 Å². The Morgan fingerprint density at radius 3 is 2.85 bits per heavy atom. The minimum Gasteiger partial charge on any atom is -0.477 e. The van der Waals surface area contributed by atoms with Crippen LogP contribution in [0.25, 0.3) is 5.65 Å². The lowest BCUT2D eigenvalue weighted by Gasteiger charge is -2.45. The van der Waals surface area contributed by atoms with Crippen molar-refractivity contribution in [2.45, 2.75) is 11.1 Å². The second-order valence-corrected chi connectivity index (χ2v) is 13.6. The molecule has 22 heteroatoms. The maximum Gasteiger partial charge on any atom is 0.352 e. The highest BCUT2D eigenvalue weighted by atomic mass is 33.1. The second-order valence-electron chi connectivity index (χ2n) is 7.79. The number of aromatic nitrogens is 6. The summed E-state index contributed by atoms with van der Waals surface area (Å²) in [6.45, 7) is 0. The van der Waals surface area contributed by atoms with Crippen molar-refractivity contribution in [1.29, 1.82) is 0 Å². The largest absolute Gasteiger partial charge is 0.477 e. The molecule has 5 rings (SSSR count). The monoisotopic (exact) mass is 627 g/mol. The summed E-state index contributed by atoms with van der Waals surface area (Å²) in [5.74, 6) is -3.28. The number of rotatable bonds is 9. The number of hydrogen-bond donors (Lipinski definition) is 5. The molecule has 7 N–H and O–H groups in total. The molecule has 5 heterocycles. The lowest BCUT2D eigenvalue weighted by atomic mass is 10.0. The standard InChI is InChI=1S/C18H17N11O7S4/c1-36-25-10(8-4-38-18(20)21-8)14(30)22-11-15(31)28-12(17(32)33)6(5-39(16(11)28)40(34)35)3-37-9-2-7(19)13-23-26-27-29(13)24-9/h2,4,11H,3,5,19H2,1H3,(H2,20,21)(H,22,30)(H,32,33)(H,34,35). The molecule has 0 aromatic carbocycles. The molecule has 210 valence electrons. The Hall–Kier alpha value is -3.99. The molecule has 3 unspecified atom stereocenters. The number of nitrogen functional groups attached to an aromatic ring is 2. The Bertz CT molecular complexity index is 1700. The molecule has 0 radical (unpaired) electrons. The van der Waals surface area contributed by atoms with Crippen LogP contribution < -0.4 is 16.8 Å². The number of amides is 2. The Morgan fingerprint density at radius 1 is 1.43 bits per heavy atom. The third kappa shape index (κ3) is 4.90. The van der Waals surface area contributed by atoms with E-state index < -0.39 is 43.5 Å². The fourth-order valence-corrected chi connectivity index (χ4v) is 8.81. The topological polar surface area (TPSA) is 266 Å². The zero-order chi connectivity index (χ0) is 28.7. The molecule has 3 atom stereocenters. The van der Waals surface area contributed by atoms with Gasteiger partial charge in [0.1, 0.15) is 23.5 Å². The van der Waals surface area contributed by atoms with Crippen LogP contribution in [0.2, 0.25) is 0 Å². The highest BCUT2D eigenvalue weighted by Crippen LogP contribution is 2.41. The maximum atomic E-state index is 13.2. The fraction of sp³-hybridized carbons (Fsp3) is 0.222. The molecule has 0 bridgehead atoms. The van der Waals surface area contributed by atoms with Gasteiger partial charge in [0.15, 0.2) is 16.9 Å². The molecule has 2 amide bonds. The number of β-lactam (4-membered cyclic amide) rings is 1. The van der Waals surface area contributed by atoms with E-state index in [9.17, 15) is 28.3 Å². The number of nitrogens with zero attached hydrogens (tertiary/aromatic N) is 8. The zero-order valence-corrected chi connectivity index (χ0v) is 23.2. The van der Waals surface area contributed by atoms with Crippen molar-refractivity contribution >= 4 is 87.7 Å². The number of aliphatic carboxylic acids is 1. The summed E-state index contributed by atoms with van der Waals surface area (Å²) in [5, 5.41) is 33.1. The predicted octanol–water partition coefficient (Wildman–Crippen LogP) is -1.50. The number of anilines is 2. The van der Waals surface area contributed by atoms with Crippen LogP contribution in [0.15, 0.2) is 32.9 Å². The number of nitrogens with two attached hydrogens (primary N) is 2. The van der Waals surface area contributed by atoms with Crippen LogP contribution in [-0.4, -0.2) is 102 Å². The van der Waals surface area contributed by atoms with Crippen molar-refractivity contribution in [1.82, 2.24) is 40.5 Å². The predicted molar refractivity (Wildman–Crippen MR) is 145 cm³/mol. The molecule has 2 aliphatic heterocycles. The smallest absolute Gasteiger partial charge is 0.352 e. The van der Waals surface area contributed by atoms with Crippen LogP contribution in [-0.2, 0) is 29.3 Å². The third-order valence-electron chi connectivity index (χ3n) is 5.42. The molecule has 40 heavy (non-hydrogen) atoms. The highest BCUT2D eigenvalue weighted by Gasteiger charge is 2.53. The number of nitrogens with one attached hydrogen (secondary N) is 1. The van der Waals surface area contributed by atoms with Gasteiger partial charge in [0.05, 0.1) is 10.7 Å². The van der Waals surface area contributed by atoms with Crippen molar-refractivity contribution in [3.05, 3.63) is 28.4 Å². The van der Waals surface area contributed by atoms with Crippen LogP contribution in [0.3, 0.4) is 0 Å². The number of oxime groups is 1.